The molecule has 0 aliphatic carbocycles. The Morgan fingerprint density at radius 2 is 1.81 bits per heavy atom. The van der Waals surface area contributed by atoms with Gasteiger partial charge >= 0.3 is 0 Å². The fraction of sp³-hybridized carbons (Fsp3) is 0.364. The Hall–Kier alpha value is -2.66. The lowest BCUT2D eigenvalue weighted by Crippen LogP contribution is -2.25. The van der Waals surface area contributed by atoms with E-state index in [2.05, 4.69) is 22.8 Å². The Morgan fingerprint density at radius 1 is 1.00 bits per heavy atom. The molecule has 0 saturated heterocycles. The number of rotatable bonds is 11. The van der Waals surface area contributed by atoms with Gasteiger partial charge in [0.15, 0.2) is 0 Å². The molecule has 5 heteroatoms. The van der Waals surface area contributed by atoms with Crippen molar-refractivity contribution < 1.29 is 14.3 Å². The predicted molar refractivity (Wildman–Crippen MR) is 108 cm³/mol. The molecule has 0 aliphatic rings. The Bertz CT molecular complexity index is 717. The number of hydrogen-bond acceptors (Lipinski definition) is 3. The number of carbonyl (C=O) groups is 2. The van der Waals surface area contributed by atoms with E-state index in [-0.39, 0.29) is 11.8 Å². The number of amides is 2. The number of benzene rings is 2. The second-order valence-corrected chi connectivity index (χ2v) is 6.27. The summed E-state index contributed by atoms with van der Waals surface area (Å²) in [5, 5.41) is 5.73. The lowest BCUT2D eigenvalue weighted by Gasteiger charge is -2.09. The third-order valence-corrected chi connectivity index (χ3v) is 4.08. The first kappa shape index (κ1) is 20.6. The summed E-state index contributed by atoms with van der Waals surface area (Å²) in [6, 6.07) is 17.1. The van der Waals surface area contributed by atoms with E-state index in [1.165, 1.54) is 5.56 Å². The standard InChI is InChI=1S/C22H28N2O3/c1-2-27-16-8-15-23-22(26)19-12-7-13-20(17-19)24-21(25)14-6-11-18-9-4-3-5-10-18/h3-5,7,9-10,12-13,17H,2,6,8,11,14-16H2,1H3,(H,23,26)(H,24,25). The van der Waals surface area contributed by atoms with Gasteiger partial charge in [-0.2, -0.15) is 0 Å². The van der Waals surface area contributed by atoms with Crippen molar-refractivity contribution in [2.45, 2.75) is 32.6 Å². The maximum Gasteiger partial charge on any atom is 0.251 e. The molecular weight excluding hydrogens is 340 g/mol. The summed E-state index contributed by atoms with van der Waals surface area (Å²) < 4.78 is 5.25. The molecular formula is C22H28N2O3. The van der Waals surface area contributed by atoms with Gasteiger partial charge in [-0.25, -0.2) is 0 Å². The summed E-state index contributed by atoms with van der Waals surface area (Å²) >= 11 is 0. The van der Waals surface area contributed by atoms with Gasteiger partial charge in [0.1, 0.15) is 0 Å². The minimum absolute atomic E-state index is 0.0415. The third-order valence-electron chi connectivity index (χ3n) is 4.08. The molecule has 0 bridgehead atoms. The van der Waals surface area contributed by atoms with Gasteiger partial charge < -0.3 is 15.4 Å². The minimum Gasteiger partial charge on any atom is -0.382 e. The Balaban J connectivity index is 1.75. The van der Waals surface area contributed by atoms with Crippen LogP contribution in [-0.2, 0) is 16.0 Å². The number of ether oxygens (including phenoxy) is 1. The molecule has 2 rings (SSSR count). The van der Waals surface area contributed by atoms with Crippen molar-refractivity contribution in [1.82, 2.24) is 5.32 Å². The van der Waals surface area contributed by atoms with Gasteiger partial charge in [0.2, 0.25) is 5.91 Å². The third kappa shape index (κ3) is 8.05. The van der Waals surface area contributed by atoms with Gasteiger partial charge in [-0.05, 0) is 49.9 Å². The van der Waals surface area contributed by atoms with Crippen molar-refractivity contribution in [3.05, 3.63) is 65.7 Å². The van der Waals surface area contributed by atoms with Crippen LogP contribution in [0.25, 0.3) is 0 Å². The van der Waals surface area contributed by atoms with Crippen LogP contribution in [0.3, 0.4) is 0 Å². The van der Waals surface area contributed by atoms with Gasteiger partial charge in [0, 0.05) is 37.4 Å². The molecule has 0 fully saturated rings. The van der Waals surface area contributed by atoms with Gasteiger partial charge in [0.25, 0.3) is 5.91 Å². The van der Waals surface area contributed by atoms with E-state index in [1.807, 2.05) is 25.1 Å². The molecule has 2 aromatic rings. The molecule has 27 heavy (non-hydrogen) atoms. The number of anilines is 1. The molecule has 144 valence electrons. The highest BCUT2D eigenvalue weighted by atomic mass is 16.5. The smallest absolute Gasteiger partial charge is 0.251 e. The SMILES string of the molecule is CCOCCCNC(=O)c1cccc(NC(=O)CCCc2ccccc2)c1. The van der Waals surface area contributed by atoms with E-state index in [9.17, 15) is 9.59 Å². The topological polar surface area (TPSA) is 67.4 Å². The fourth-order valence-corrected chi connectivity index (χ4v) is 2.68. The summed E-state index contributed by atoms with van der Waals surface area (Å²) in [5.41, 5.74) is 2.41. The second kappa shape index (κ2) is 11.9. The van der Waals surface area contributed by atoms with Gasteiger partial charge in [-0.15, -0.1) is 0 Å². The first-order chi connectivity index (χ1) is 13.2. The summed E-state index contributed by atoms with van der Waals surface area (Å²) in [6.45, 7) is 3.83. The van der Waals surface area contributed by atoms with Crippen molar-refractivity contribution >= 4 is 17.5 Å². The molecule has 0 radical (unpaired) electrons. The first-order valence-corrected chi connectivity index (χ1v) is 9.49. The number of hydrogen-bond donors (Lipinski definition) is 2. The average molecular weight is 368 g/mol. The van der Waals surface area contributed by atoms with Crippen LogP contribution in [0.15, 0.2) is 54.6 Å². The van der Waals surface area contributed by atoms with E-state index in [0.29, 0.717) is 37.4 Å². The van der Waals surface area contributed by atoms with Crippen molar-refractivity contribution in [2.75, 3.05) is 25.1 Å². The van der Waals surface area contributed by atoms with Gasteiger partial charge in [-0.3, -0.25) is 9.59 Å². The molecule has 0 aliphatic heterocycles. The molecule has 2 amide bonds. The van der Waals surface area contributed by atoms with E-state index in [4.69, 9.17) is 4.74 Å². The summed E-state index contributed by atoms with van der Waals surface area (Å²) in [6.07, 6.45) is 2.88. The summed E-state index contributed by atoms with van der Waals surface area (Å²) in [4.78, 5) is 24.3. The maximum absolute atomic E-state index is 12.2. The van der Waals surface area contributed by atoms with Crippen molar-refractivity contribution in [3.63, 3.8) is 0 Å². The van der Waals surface area contributed by atoms with Crippen LogP contribution in [0, 0.1) is 0 Å². The van der Waals surface area contributed by atoms with Gasteiger partial charge in [0.05, 0.1) is 0 Å². The summed E-state index contributed by atoms with van der Waals surface area (Å²) in [5.74, 6) is -0.188. The monoisotopic (exact) mass is 368 g/mol. The molecule has 0 aromatic heterocycles. The first-order valence-electron chi connectivity index (χ1n) is 9.49. The molecule has 0 spiro atoms. The van der Waals surface area contributed by atoms with Crippen molar-refractivity contribution in [1.29, 1.82) is 0 Å². The van der Waals surface area contributed by atoms with Crippen LogP contribution < -0.4 is 10.6 Å². The highest BCUT2D eigenvalue weighted by Crippen LogP contribution is 2.12. The zero-order chi connectivity index (χ0) is 19.3. The zero-order valence-electron chi connectivity index (χ0n) is 15.9. The maximum atomic E-state index is 12.2. The predicted octanol–water partition coefficient (Wildman–Crippen LogP) is 3.80. The second-order valence-electron chi connectivity index (χ2n) is 6.27. The Morgan fingerprint density at radius 3 is 2.59 bits per heavy atom. The zero-order valence-corrected chi connectivity index (χ0v) is 15.9. The van der Waals surface area contributed by atoms with Crippen LogP contribution >= 0.6 is 0 Å². The molecule has 2 aromatic carbocycles. The minimum atomic E-state index is -0.147. The van der Waals surface area contributed by atoms with Crippen LogP contribution in [-0.4, -0.2) is 31.6 Å². The number of carbonyl (C=O) groups excluding carboxylic acids is 2. The molecule has 0 atom stereocenters. The molecule has 0 heterocycles. The average Bonchev–Trinajstić information content (AvgIpc) is 2.68. The summed E-state index contributed by atoms with van der Waals surface area (Å²) in [7, 11) is 0. The molecule has 2 N–H and O–H groups in total. The lowest BCUT2D eigenvalue weighted by atomic mass is 10.1. The highest BCUT2D eigenvalue weighted by molar-refractivity contribution is 5.97. The quantitative estimate of drug-likeness (QED) is 0.593. The lowest BCUT2D eigenvalue weighted by molar-refractivity contribution is -0.116. The van der Waals surface area contributed by atoms with E-state index in [1.54, 1.807) is 24.3 Å². The number of nitrogens with one attached hydrogen (secondary N) is 2. The highest BCUT2D eigenvalue weighted by Gasteiger charge is 2.08. The molecule has 0 saturated carbocycles. The van der Waals surface area contributed by atoms with Crippen LogP contribution in [0.1, 0.15) is 42.1 Å². The molecule has 5 nitrogen and oxygen atoms in total. The Kier molecular flexibility index (Phi) is 9.07. The van der Waals surface area contributed by atoms with Crippen molar-refractivity contribution in [2.24, 2.45) is 0 Å². The largest absolute Gasteiger partial charge is 0.382 e. The van der Waals surface area contributed by atoms with E-state index < -0.39 is 0 Å². The van der Waals surface area contributed by atoms with Crippen molar-refractivity contribution in [3.8, 4) is 0 Å². The van der Waals surface area contributed by atoms with Crippen LogP contribution in [0.4, 0.5) is 5.69 Å². The van der Waals surface area contributed by atoms with Crippen LogP contribution in [0.5, 0.6) is 0 Å². The molecule has 0 unspecified atom stereocenters. The normalized spacial score (nSPS) is 10.4. The van der Waals surface area contributed by atoms with Gasteiger partial charge in [-0.1, -0.05) is 36.4 Å². The number of aryl methyl sites for hydroxylation is 1. The Labute approximate surface area is 161 Å². The van der Waals surface area contributed by atoms with E-state index >= 15 is 0 Å². The van der Waals surface area contributed by atoms with E-state index in [0.717, 1.165) is 19.3 Å². The fourth-order valence-electron chi connectivity index (χ4n) is 2.68. The van der Waals surface area contributed by atoms with Crippen LogP contribution in [0.2, 0.25) is 0 Å².